The zero-order chi connectivity index (χ0) is 11.4. The Morgan fingerprint density at radius 1 is 1.38 bits per heavy atom. The molecular formula is C12H17ClN2O. The molecule has 3 nitrogen and oxygen atoms in total. The van der Waals surface area contributed by atoms with E-state index in [4.69, 9.17) is 16.3 Å². The van der Waals surface area contributed by atoms with Crippen molar-refractivity contribution in [2.75, 3.05) is 6.61 Å². The molecular weight excluding hydrogens is 224 g/mol. The van der Waals surface area contributed by atoms with Crippen molar-refractivity contribution in [2.24, 2.45) is 11.8 Å². The van der Waals surface area contributed by atoms with E-state index in [-0.39, 0.29) is 0 Å². The molecule has 0 aromatic carbocycles. The zero-order valence-corrected chi connectivity index (χ0v) is 10.3. The van der Waals surface area contributed by atoms with Gasteiger partial charge in [0, 0.05) is 6.07 Å². The van der Waals surface area contributed by atoms with Crippen molar-refractivity contribution in [2.45, 2.75) is 32.6 Å². The highest BCUT2D eigenvalue weighted by atomic mass is 35.5. The molecule has 0 saturated heterocycles. The number of hydrogen-bond acceptors (Lipinski definition) is 3. The first-order valence-electron chi connectivity index (χ1n) is 5.85. The second-order valence-corrected chi connectivity index (χ2v) is 5.09. The molecule has 1 heterocycles. The monoisotopic (exact) mass is 240 g/mol. The van der Waals surface area contributed by atoms with Crippen molar-refractivity contribution in [1.29, 1.82) is 0 Å². The van der Waals surface area contributed by atoms with Gasteiger partial charge in [0.25, 0.3) is 0 Å². The van der Waals surface area contributed by atoms with Crippen molar-refractivity contribution in [3.63, 3.8) is 0 Å². The summed E-state index contributed by atoms with van der Waals surface area (Å²) in [6, 6.07) is 1.71. The molecule has 0 aliphatic heterocycles. The average Bonchev–Trinajstić information content (AvgIpc) is 2.28. The molecule has 1 aliphatic rings. The quantitative estimate of drug-likeness (QED) is 0.813. The van der Waals surface area contributed by atoms with Crippen LogP contribution >= 0.6 is 11.6 Å². The van der Waals surface area contributed by atoms with Crippen LogP contribution in [0.1, 0.15) is 32.6 Å². The van der Waals surface area contributed by atoms with Crippen LogP contribution in [0.5, 0.6) is 5.88 Å². The lowest BCUT2D eigenvalue weighted by Crippen LogP contribution is -2.19. The van der Waals surface area contributed by atoms with E-state index < -0.39 is 0 Å². The number of nitrogens with zero attached hydrogens (tertiary/aromatic N) is 2. The lowest BCUT2D eigenvalue weighted by molar-refractivity contribution is 0.182. The van der Waals surface area contributed by atoms with Crippen LogP contribution in [0, 0.1) is 11.8 Å². The van der Waals surface area contributed by atoms with Crippen molar-refractivity contribution in [1.82, 2.24) is 10.2 Å². The van der Waals surface area contributed by atoms with E-state index in [0.29, 0.717) is 16.8 Å². The van der Waals surface area contributed by atoms with Gasteiger partial charge in [0.15, 0.2) is 0 Å². The molecule has 1 aromatic rings. The van der Waals surface area contributed by atoms with Gasteiger partial charge in [-0.3, -0.25) is 0 Å². The van der Waals surface area contributed by atoms with Crippen LogP contribution in [-0.4, -0.2) is 16.8 Å². The number of rotatable bonds is 3. The highest BCUT2D eigenvalue weighted by Gasteiger charge is 2.18. The Balaban J connectivity index is 1.79. The van der Waals surface area contributed by atoms with E-state index in [2.05, 4.69) is 17.1 Å². The van der Waals surface area contributed by atoms with Gasteiger partial charge in [-0.1, -0.05) is 31.4 Å². The normalized spacial score (nSPS) is 25.4. The minimum absolute atomic E-state index is 0.533. The smallest absolute Gasteiger partial charge is 0.234 e. The van der Waals surface area contributed by atoms with Crippen LogP contribution < -0.4 is 4.74 Å². The summed E-state index contributed by atoms with van der Waals surface area (Å²) in [5, 5.41) is 8.21. The molecule has 2 rings (SSSR count). The van der Waals surface area contributed by atoms with Crippen molar-refractivity contribution < 1.29 is 4.74 Å². The van der Waals surface area contributed by atoms with Gasteiger partial charge in [-0.2, -0.15) is 5.10 Å². The Hall–Kier alpha value is -0.830. The molecule has 1 aromatic heterocycles. The highest BCUT2D eigenvalue weighted by molar-refractivity contribution is 6.30. The summed E-state index contributed by atoms with van der Waals surface area (Å²) in [6.07, 6.45) is 6.66. The molecule has 1 aliphatic carbocycles. The maximum absolute atomic E-state index is 5.80. The van der Waals surface area contributed by atoms with Crippen LogP contribution in [0.2, 0.25) is 5.02 Å². The van der Waals surface area contributed by atoms with Gasteiger partial charge < -0.3 is 4.74 Å². The fourth-order valence-electron chi connectivity index (χ4n) is 2.09. The fraction of sp³-hybridized carbons (Fsp3) is 0.667. The predicted molar refractivity (Wildman–Crippen MR) is 63.7 cm³/mol. The fourth-order valence-corrected chi connectivity index (χ4v) is 2.23. The first-order valence-corrected chi connectivity index (χ1v) is 6.23. The van der Waals surface area contributed by atoms with Crippen LogP contribution in [0.3, 0.4) is 0 Å². The number of halogens is 1. The van der Waals surface area contributed by atoms with Crippen LogP contribution in [-0.2, 0) is 0 Å². The molecule has 4 heteroatoms. The Kier molecular flexibility index (Phi) is 3.99. The molecule has 0 spiro atoms. The van der Waals surface area contributed by atoms with Gasteiger partial charge in [-0.15, -0.1) is 5.10 Å². The van der Waals surface area contributed by atoms with E-state index in [1.165, 1.54) is 31.9 Å². The summed E-state index contributed by atoms with van der Waals surface area (Å²) in [5.41, 5.74) is 0. The Morgan fingerprint density at radius 2 is 2.12 bits per heavy atom. The molecule has 0 unspecified atom stereocenters. The topological polar surface area (TPSA) is 35.0 Å². The van der Waals surface area contributed by atoms with E-state index >= 15 is 0 Å². The summed E-state index contributed by atoms with van der Waals surface area (Å²) in [5.74, 6) is 2.07. The summed E-state index contributed by atoms with van der Waals surface area (Å²) in [7, 11) is 0. The second kappa shape index (κ2) is 5.48. The summed E-state index contributed by atoms with van der Waals surface area (Å²) < 4.78 is 5.60. The highest BCUT2D eigenvalue weighted by Crippen LogP contribution is 2.28. The maximum Gasteiger partial charge on any atom is 0.234 e. The van der Waals surface area contributed by atoms with Crippen molar-refractivity contribution >= 4 is 11.6 Å². The van der Waals surface area contributed by atoms with E-state index in [9.17, 15) is 0 Å². The summed E-state index contributed by atoms with van der Waals surface area (Å²) in [6.45, 7) is 3.06. The molecule has 0 bridgehead atoms. The van der Waals surface area contributed by atoms with E-state index in [1.54, 1.807) is 6.07 Å². The molecule has 1 fully saturated rings. The first kappa shape index (κ1) is 11.6. The molecule has 0 atom stereocenters. The molecule has 1 saturated carbocycles. The minimum Gasteiger partial charge on any atom is -0.476 e. The Morgan fingerprint density at radius 3 is 2.81 bits per heavy atom. The molecule has 88 valence electrons. The SMILES string of the molecule is C[C@H]1CC[C@H](COc2cc(Cl)cnn2)CC1. The van der Waals surface area contributed by atoms with Gasteiger partial charge in [-0.25, -0.2) is 0 Å². The van der Waals surface area contributed by atoms with Gasteiger partial charge in [0.1, 0.15) is 0 Å². The minimum atomic E-state index is 0.533. The molecule has 0 radical (unpaired) electrons. The number of hydrogen-bond donors (Lipinski definition) is 0. The number of aromatic nitrogens is 2. The maximum atomic E-state index is 5.80. The summed E-state index contributed by atoms with van der Waals surface area (Å²) in [4.78, 5) is 0. The standard InChI is InChI=1S/C12H17ClN2O/c1-9-2-4-10(5-3-9)8-16-12-6-11(13)7-14-15-12/h6-7,9-10H,2-5,8H2,1H3/t9-,10-. The zero-order valence-electron chi connectivity index (χ0n) is 9.53. The third-order valence-electron chi connectivity index (χ3n) is 3.20. The lowest BCUT2D eigenvalue weighted by atomic mass is 9.83. The lowest BCUT2D eigenvalue weighted by Gasteiger charge is -2.25. The first-order chi connectivity index (χ1) is 7.74. The molecule has 16 heavy (non-hydrogen) atoms. The van der Waals surface area contributed by atoms with Gasteiger partial charge >= 0.3 is 0 Å². The number of ether oxygens (including phenoxy) is 1. The summed E-state index contributed by atoms with van der Waals surface area (Å²) >= 11 is 5.80. The second-order valence-electron chi connectivity index (χ2n) is 4.65. The van der Waals surface area contributed by atoms with Gasteiger partial charge in [0.2, 0.25) is 5.88 Å². The third-order valence-corrected chi connectivity index (χ3v) is 3.41. The van der Waals surface area contributed by atoms with Gasteiger partial charge in [-0.05, 0) is 24.7 Å². The predicted octanol–water partition coefficient (Wildman–Crippen LogP) is 3.34. The van der Waals surface area contributed by atoms with Crippen LogP contribution in [0.4, 0.5) is 0 Å². The van der Waals surface area contributed by atoms with Gasteiger partial charge in [0.05, 0.1) is 17.8 Å². The molecule has 0 N–H and O–H groups in total. The van der Waals surface area contributed by atoms with E-state index in [0.717, 1.165) is 12.5 Å². The largest absolute Gasteiger partial charge is 0.476 e. The Bertz CT molecular complexity index is 338. The third kappa shape index (κ3) is 3.34. The Labute approximate surface area is 101 Å². The molecule has 0 amide bonds. The van der Waals surface area contributed by atoms with Crippen LogP contribution in [0.25, 0.3) is 0 Å². The average molecular weight is 241 g/mol. The van der Waals surface area contributed by atoms with Crippen molar-refractivity contribution in [3.8, 4) is 5.88 Å². The van der Waals surface area contributed by atoms with E-state index in [1.807, 2.05) is 0 Å². The van der Waals surface area contributed by atoms with Crippen molar-refractivity contribution in [3.05, 3.63) is 17.3 Å². The van der Waals surface area contributed by atoms with Crippen LogP contribution in [0.15, 0.2) is 12.3 Å².